The summed E-state index contributed by atoms with van der Waals surface area (Å²) in [6.45, 7) is 0.302. The van der Waals surface area contributed by atoms with Crippen LogP contribution in [0.4, 0.5) is 10.1 Å². The fraction of sp³-hybridized carbons (Fsp3) is 0.0952. The number of carbonyl (C=O) groups is 2. The number of halogens is 1. The fourth-order valence-electron chi connectivity index (χ4n) is 2.92. The van der Waals surface area contributed by atoms with Crippen molar-refractivity contribution in [3.63, 3.8) is 0 Å². The van der Waals surface area contributed by atoms with E-state index in [-0.39, 0.29) is 22.9 Å². The van der Waals surface area contributed by atoms with E-state index in [9.17, 15) is 14.0 Å². The Morgan fingerprint density at radius 1 is 1.20 bits per heavy atom. The number of pyridine rings is 2. The molecular weight excluding hydrogens is 405 g/mol. The molecule has 0 fully saturated rings. The molecule has 150 valence electrons. The highest BCUT2D eigenvalue weighted by atomic mass is 32.1. The molecule has 0 aliphatic rings. The van der Waals surface area contributed by atoms with E-state index in [4.69, 9.17) is 0 Å². The molecule has 1 aromatic carbocycles. The van der Waals surface area contributed by atoms with Crippen molar-refractivity contribution in [2.75, 3.05) is 12.4 Å². The van der Waals surface area contributed by atoms with Crippen LogP contribution in [0, 0.1) is 5.82 Å². The maximum atomic E-state index is 14.1. The van der Waals surface area contributed by atoms with Gasteiger partial charge in [-0.05, 0) is 36.4 Å². The zero-order chi connectivity index (χ0) is 21.1. The summed E-state index contributed by atoms with van der Waals surface area (Å²) in [4.78, 5) is 39.1. The summed E-state index contributed by atoms with van der Waals surface area (Å²) in [7, 11) is 1.61. The molecule has 0 bridgehead atoms. The lowest BCUT2D eigenvalue weighted by atomic mass is 10.1. The molecule has 0 saturated heterocycles. The molecule has 0 spiro atoms. The summed E-state index contributed by atoms with van der Waals surface area (Å²) in [5.74, 6) is -1.52. The van der Waals surface area contributed by atoms with E-state index < -0.39 is 11.7 Å². The molecule has 7 nitrogen and oxygen atoms in total. The standard InChI is InChI=1S/C21H16FN5O2S/c1-27(10-17-11-30-12-24-17)21(29)14-6-15(22)8-16(7-14)25-20(28)19-3-2-13-9-23-5-4-18(13)26-19/h2-9,11-12H,10H2,1H3,(H,25,28). The molecule has 9 heteroatoms. The van der Waals surface area contributed by atoms with E-state index >= 15 is 0 Å². The van der Waals surface area contributed by atoms with Gasteiger partial charge in [-0.1, -0.05) is 0 Å². The first-order chi connectivity index (χ1) is 14.5. The number of aromatic nitrogens is 3. The number of nitrogens with zero attached hydrogens (tertiary/aromatic N) is 4. The molecule has 0 aliphatic heterocycles. The van der Waals surface area contributed by atoms with Crippen LogP contribution in [0.15, 0.2) is 59.7 Å². The first-order valence-corrected chi connectivity index (χ1v) is 9.89. The van der Waals surface area contributed by atoms with Gasteiger partial charge in [0.15, 0.2) is 0 Å². The molecule has 0 radical (unpaired) electrons. The molecule has 3 heterocycles. The van der Waals surface area contributed by atoms with Crippen molar-refractivity contribution in [3.8, 4) is 0 Å². The third-order valence-electron chi connectivity index (χ3n) is 4.35. The number of thiazole rings is 1. The van der Waals surface area contributed by atoms with Gasteiger partial charge >= 0.3 is 0 Å². The molecule has 0 saturated carbocycles. The minimum Gasteiger partial charge on any atom is -0.336 e. The molecule has 0 unspecified atom stereocenters. The molecular formula is C21H16FN5O2S. The minimum absolute atomic E-state index is 0.126. The number of fused-ring (bicyclic) bond motifs is 1. The predicted octanol–water partition coefficient (Wildman–Crippen LogP) is 3.75. The van der Waals surface area contributed by atoms with Crippen LogP contribution in [0.3, 0.4) is 0 Å². The smallest absolute Gasteiger partial charge is 0.274 e. The molecule has 1 N–H and O–H groups in total. The lowest BCUT2D eigenvalue weighted by molar-refractivity contribution is 0.0783. The highest BCUT2D eigenvalue weighted by molar-refractivity contribution is 7.07. The summed E-state index contributed by atoms with van der Waals surface area (Å²) in [5, 5.41) is 5.25. The van der Waals surface area contributed by atoms with Crippen molar-refractivity contribution >= 4 is 39.7 Å². The average molecular weight is 421 g/mol. The largest absolute Gasteiger partial charge is 0.336 e. The van der Waals surface area contributed by atoms with Crippen LogP contribution < -0.4 is 5.32 Å². The number of benzene rings is 1. The van der Waals surface area contributed by atoms with Crippen LogP contribution in [-0.4, -0.2) is 38.7 Å². The van der Waals surface area contributed by atoms with Crippen molar-refractivity contribution in [2.45, 2.75) is 6.54 Å². The fourth-order valence-corrected chi connectivity index (χ4v) is 3.47. The zero-order valence-corrected chi connectivity index (χ0v) is 16.7. The van der Waals surface area contributed by atoms with Crippen LogP contribution in [-0.2, 0) is 6.54 Å². The van der Waals surface area contributed by atoms with Crippen LogP contribution in [0.25, 0.3) is 10.9 Å². The Labute approximate surface area is 175 Å². The molecule has 0 atom stereocenters. The van der Waals surface area contributed by atoms with Gasteiger partial charge in [-0.25, -0.2) is 14.4 Å². The van der Waals surface area contributed by atoms with Crippen LogP contribution in [0.5, 0.6) is 0 Å². The van der Waals surface area contributed by atoms with Gasteiger partial charge in [-0.15, -0.1) is 11.3 Å². The Hall–Kier alpha value is -3.72. The topological polar surface area (TPSA) is 88.1 Å². The van der Waals surface area contributed by atoms with E-state index in [2.05, 4.69) is 20.3 Å². The minimum atomic E-state index is -0.629. The Kier molecular flexibility index (Phi) is 5.44. The number of nitrogens with one attached hydrogen (secondary N) is 1. The number of hydrogen-bond donors (Lipinski definition) is 1. The van der Waals surface area contributed by atoms with Gasteiger partial charge in [0.1, 0.15) is 11.5 Å². The van der Waals surface area contributed by atoms with Gasteiger partial charge in [0, 0.05) is 41.5 Å². The second-order valence-electron chi connectivity index (χ2n) is 6.59. The third-order valence-corrected chi connectivity index (χ3v) is 4.99. The van der Waals surface area contributed by atoms with Gasteiger partial charge in [0.05, 0.1) is 23.3 Å². The summed E-state index contributed by atoms with van der Waals surface area (Å²) < 4.78 is 14.1. The van der Waals surface area contributed by atoms with Gasteiger partial charge < -0.3 is 10.2 Å². The quantitative estimate of drug-likeness (QED) is 0.530. The third kappa shape index (κ3) is 4.31. The predicted molar refractivity (Wildman–Crippen MR) is 112 cm³/mol. The number of anilines is 1. The van der Waals surface area contributed by atoms with Crippen molar-refractivity contribution in [2.24, 2.45) is 0 Å². The summed E-state index contributed by atoms with van der Waals surface area (Å²) in [6, 6.07) is 8.72. The Morgan fingerprint density at radius 3 is 2.87 bits per heavy atom. The molecule has 3 aromatic heterocycles. The Balaban J connectivity index is 1.53. The SMILES string of the molecule is CN(Cc1cscn1)C(=O)c1cc(F)cc(NC(=O)c2ccc3cnccc3n2)c1. The van der Waals surface area contributed by atoms with Gasteiger partial charge in [0.2, 0.25) is 0 Å². The van der Waals surface area contributed by atoms with Crippen LogP contribution in [0.2, 0.25) is 0 Å². The number of amides is 2. The molecule has 4 aromatic rings. The van der Waals surface area contributed by atoms with Gasteiger partial charge in [-0.3, -0.25) is 14.6 Å². The van der Waals surface area contributed by atoms with Crippen molar-refractivity contribution in [1.29, 1.82) is 0 Å². The highest BCUT2D eigenvalue weighted by Crippen LogP contribution is 2.18. The molecule has 2 amide bonds. The summed E-state index contributed by atoms with van der Waals surface area (Å²) in [6.07, 6.45) is 3.24. The Bertz CT molecular complexity index is 1230. The molecule has 4 rings (SSSR count). The molecule has 30 heavy (non-hydrogen) atoms. The second-order valence-corrected chi connectivity index (χ2v) is 7.31. The van der Waals surface area contributed by atoms with E-state index in [0.717, 1.165) is 23.2 Å². The van der Waals surface area contributed by atoms with Crippen molar-refractivity contribution in [1.82, 2.24) is 19.9 Å². The maximum absolute atomic E-state index is 14.1. The van der Waals surface area contributed by atoms with Crippen molar-refractivity contribution < 1.29 is 14.0 Å². The van der Waals surface area contributed by atoms with E-state index in [1.807, 2.05) is 5.38 Å². The number of carbonyl (C=O) groups excluding carboxylic acids is 2. The lowest BCUT2D eigenvalue weighted by Crippen LogP contribution is -2.26. The number of hydrogen-bond acceptors (Lipinski definition) is 6. The Morgan fingerprint density at radius 2 is 2.07 bits per heavy atom. The monoisotopic (exact) mass is 421 g/mol. The van der Waals surface area contributed by atoms with Crippen LogP contribution in [0.1, 0.15) is 26.5 Å². The summed E-state index contributed by atoms with van der Waals surface area (Å²) in [5.41, 5.74) is 3.52. The highest BCUT2D eigenvalue weighted by Gasteiger charge is 2.16. The van der Waals surface area contributed by atoms with Crippen molar-refractivity contribution in [3.05, 3.63) is 82.5 Å². The molecule has 0 aliphatic carbocycles. The average Bonchev–Trinajstić information content (AvgIpc) is 3.25. The maximum Gasteiger partial charge on any atom is 0.274 e. The van der Waals surface area contributed by atoms with E-state index in [0.29, 0.717) is 12.1 Å². The van der Waals surface area contributed by atoms with E-state index in [1.54, 1.807) is 43.2 Å². The van der Waals surface area contributed by atoms with Crippen LogP contribution >= 0.6 is 11.3 Å². The summed E-state index contributed by atoms with van der Waals surface area (Å²) >= 11 is 1.43. The van der Waals surface area contributed by atoms with Gasteiger partial charge in [-0.2, -0.15) is 0 Å². The van der Waals surface area contributed by atoms with E-state index in [1.165, 1.54) is 22.3 Å². The first-order valence-electron chi connectivity index (χ1n) is 8.95. The normalized spacial score (nSPS) is 10.7. The first kappa shape index (κ1) is 19.6. The van der Waals surface area contributed by atoms with Gasteiger partial charge in [0.25, 0.3) is 11.8 Å². The zero-order valence-electron chi connectivity index (χ0n) is 15.9. The second kappa shape index (κ2) is 8.34. The number of rotatable bonds is 5. The lowest BCUT2D eigenvalue weighted by Gasteiger charge is -2.16.